The van der Waals surface area contributed by atoms with Crippen LogP contribution >= 0.6 is 0 Å². The second-order valence-corrected chi connectivity index (χ2v) is 4.66. The second-order valence-electron chi connectivity index (χ2n) is 4.66. The average Bonchev–Trinajstić information content (AvgIpc) is 2.85. The Hall–Kier alpha value is -2.12. The number of rotatable bonds is 4. The van der Waals surface area contributed by atoms with E-state index < -0.39 is 0 Å². The first-order valence-corrected chi connectivity index (χ1v) is 6.28. The molecule has 2 rings (SSSR count). The third kappa shape index (κ3) is 3.21. The fourth-order valence-electron chi connectivity index (χ4n) is 1.99. The molecular formula is C15H17N3O. The van der Waals surface area contributed by atoms with E-state index in [1.54, 1.807) is 12.3 Å². The van der Waals surface area contributed by atoms with Gasteiger partial charge in [0.1, 0.15) is 5.76 Å². The Morgan fingerprint density at radius 3 is 2.74 bits per heavy atom. The van der Waals surface area contributed by atoms with Crippen molar-refractivity contribution in [1.29, 1.82) is 5.26 Å². The molecule has 1 aromatic heterocycles. The molecule has 0 amide bonds. The number of aromatic nitrogens is 1. The zero-order valence-electron chi connectivity index (χ0n) is 11.3. The summed E-state index contributed by atoms with van der Waals surface area (Å²) in [6.07, 6.45) is 1.72. The van der Waals surface area contributed by atoms with Crippen LogP contribution < -0.4 is 5.32 Å². The molecule has 0 saturated carbocycles. The van der Waals surface area contributed by atoms with Crippen molar-refractivity contribution in [3.05, 3.63) is 53.2 Å². The van der Waals surface area contributed by atoms with E-state index in [0.29, 0.717) is 11.5 Å². The van der Waals surface area contributed by atoms with Crippen molar-refractivity contribution >= 4 is 0 Å². The summed E-state index contributed by atoms with van der Waals surface area (Å²) in [6.45, 7) is 5.95. The number of hydrogen-bond acceptors (Lipinski definition) is 4. The lowest BCUT2D eigenvalue weighted by molar-refractivity contribution is 0.380. The summed E-state index contributed by atoms with van der Waals surface area (Å²) >= 11 is 0. The zero-order chi connectivity index (χ0) is 13.8. The molecule has 1 N–H and O–H groups in total. The van der Waals surface area contributed by atoms with Gasteiger partial charge in [-0.2, -0.15) is 5.26 Å². The molecule has 98 valence electrons. The van der Waals surface area contributed by atoms with Gasteiger partial charge in [-0.3, -0.25) is 5.32 Å². The fraction of sp³-hybridized carbons (Fsp3) is 0.333. The lowest BCUT2D eigenvalue weighted by Gasteiger charge is -2.18. The van der Waals surface area contributed by atoms with Crippen LogP contribution in [0.15, 0.2) is 34.9 Å². The Balaban J connectivity index is 2.08. The summed E-state index contributed by atoms with van der Waals surface area (Å²) in [5.41, 5.74) is 1.75. The van der Waals surface area contributed by atoms with Crippen LogP contribution in [-0.2, 0) is 0 Å². The predicted octanol–water partition coefficient (Wildman–Crippen LogP) is 3.27. The largest absolute Gasteiger partial charge is 0.444 e. The first-order valence-electron chi connectivity index (χ1n) is 6.28. The van der Waals surface area contributed by atoms with Crippen LogP contribution in [0.5, 0.6) is 0 Å². The summed E-state index contributed by atoms with van der Waals surface area (Å²) in [7, 11) is 0. The van der Waals surface area contributed by atoms with Crippen molar-refractivity contribution in [2.75, 3.05) is 0 Å². The molecular weight excluding hydrogens is 238 g/mol. The van der Waals surface area contributed by atoms with Crippen molar-refractivity contribution in [2.45, 2.75) is 32.9 Å². The van der Waals surface area contributed by atoms with Crippen LogP contribution in [0.3, 0.4) is 0 Å². The highest BCUT2D eigenvalue weighted by Gasteiger charge is 2.15. The Kier molecular flexibility index (Phi) is 3.98. The molecule has 19 heavy (non-hydrogen) atoms. The molecule has 4 heteroatoms. The lowest BCUT2D eigenvalue weighted by Crippen LogP contribution is -2.22. The monoisotopic (exact) mass is 255 g/mol. The quantitative estimate of drug-likeness (QED) is 0.910. The van der Waals surface area contributed by atoms with Crippen LogP contribution in [0.2, 0.25) is 0 Å². The van der Waals surface area contributed by atoms with E-state index >= 15 is 0 Å². The Bertz CT molecular complexity index is 597. The predicted molar refractivity (Wildman–Crippen MR) is 72.4 cm³/mol. The second kappa shape index (κ2) is 5.68. The third-order valence-electron chi connectivity index (χ3n) is 3.03. The highest BCUT2D eigenvalue weighted by Crippen LogP contribution is 2.19. The smallest absolute Gasteiger partial charge is 0.211 e. The number of hydrogen-bond donors (Lipinski definition) is 1. The molecule has 1 heterocycles. The van der Waals surface area contributed by atoms with Gasteiger partial charge in [-0.15, -0.1) is 0 Å². The summed E-state index contributed by atoms with van der Waals surface area (Å²) in [6, 6.07) is 9.89. The van der Waals surface area contributed by atoms with E-state index in [-0.39, 0.29) is 12.1 Å². The van der Waals surface area contributed by atoms with Gasteiger partial charge in [0.05, 0.1) is 23.9 Å². The summed E-state index contributed by atoms with van der Waals surface area (Å²) in [5, 5.41) is 12.3. The standard InChI is InChI=1S/C15H17N3O/c1-10-9-17-15(19-10)12(3)18-11(2)14-6-4-5-13(7-14)8-16/h4-7,9,11-12,18H,1-3H3. The molecule has 0 bridgehead atoms. The van der Waals surface area contributed by atoms with Crippen LogP contribution in [0.1, 0.15) is 48.7 Å². The van der Waals surface area contributed by atoms with Gasteiger partial charge in [0.15, 0.2) is 0 Å². The maximum absolute atomic E-state index is 8.91. The van der Waals surface area contributed by atoms with Crippen LogP contribution in [-0.4, -0.2) is 4.98 Å². The molecule has 2 aromatic rings. The first kappa shape index (κ1) is 13.3. The Morgan fingerprint density at radius 1 is 1.32 bits per heavy atom. The third-order valence-corrected chi connectivity index (χ3v) is 3.03. The molecule has 0 spiro atoms. The number of benzene rings is 1. The maximum Gasteiger partial charge on any atom is 0.211 e. The van der Waals surface area contributed by atoms with Gasteiger partial charge in [-0.25, -0.2) is 4.98 Å². The summed E-state index contributed by atoms with van der Waals surface area (Å²) < 4.78 is 5.50. The molecule has 1 aromatic carbocycles. The Morgan fingerprint density at radius 2 is 2.11 bits per heavy atom. The summed E-state index contributed by atoms with van der Waals surface area (Å²) in [4.78, 5) is 4.21. The average molecular weight is 255 g/mol. The van der Waals surface area contributed by atoms with Gasteiger partial charge in [0.2, 0.25) is 5.89 Å². The van der Waals surface area contributed by atoms with E-state index in [9.17, 15) is 0 Å². The molecule has 0 aliphatic rings. The minimum Gasteiger partial charge on any atom is -0.444 e. The molecule has 2 unspecified atom stereocenters. The molecule has 0 aliphatic heterocycles. The van der Waals surface area contributed by atoms with Gasteiger partial charge in [0.25, 0.3) is 0 Å². The van der Waals surface area contributed by atoms with Crippen LogP contribution in [0, 0.1) is 18.3 Å². The highest BCUT2D eigenvalue weighted by molar-refractivity contribution is 5.34. The van der Waals surface area contributed by atoms with E-state index in [2.05, 4.69) is 23.3 Å². The normalized spacial score (nSPS) is 13.8. The molecule has 0 fully saturated rings. The molecule has 0 saturated heterocycles. The Labute approximate surface area is 113 Å². The van der Waals surface area contributed by atoms with Gasteiger partial charge in [-0.05, 0) is 38.5 Å². The lowest BCUT2D eigenvalue weighted by atomic mass is 10.0. The van der Waals surface area contributed by atoms with Gasteiger partial charge >= 0.3 is 0 Å². The van der Waals surface area contributed by atoms with Gasteiger partial charge in [0, 0.05) is 6.04 Å². The molecule has 4 nitrogen and oxygen atoms in total. The van der Waals surface area contributed by atoms with E-state index in [0.717, 1.165) is 11.3 Å². The van der Waals surface area contributed by atoms with Crippen molar-refractivity contribution in [1.82, 2.24) is 10.3 Å². The number of nitrogens with zero attached hydrogens (tertiary/aromatic N) is 2. The number of aryl methyl sites for hydroxylation is 1. The molecule has 2 atom stereocenters. The van der Waals surface area contributed by atoms with Crippen LogP contribution in [0.4, 0.5) is 0 Å². The van der Waals surface area contributed by atoms with Crippen molar-refractivity contribution < 1.29 is 4.42 Å². The number of nitrogens with one attached hydrogen (secondary N) is 1. The summed E-state index contributed by atoms with van der Waals surface area (Å²) in [5.74, 6) is 1.49. The van der Waals surface area contributed by atoms with E-state index in [4.69, 9.17) is 9.68 Å². The van der Waals surface area contributed by atoms with Crippen molar-refractivity contribution in [3.63, 3.8) is 0 Å². The van der Waals surface area contributed by atoms with E-state index in [1.165, 1.54) is 0 Å². The van der Waals surface area contributed by atoms with Gasteiger partial charge < -0.3 is 4.42 Å². The minimum absolute atomic E-state index is 0.0226. The SMILES string of the molecule is Cc1cnc(C(C)NC(C)c2cccc(C#N)c2)o1. The minimum atomic E-state index is 0.0226. The van der Waals surface area contributed by atoms with E-state index in [1.807, 2.05) is 32.0 Å². The highest BCUT2D eigenvalue weighted by atomic mass is 16.4. The fourth-order valence-corrected chi connectivity index (χ4v) is 1.99. The van der Waals surface area contributed by atoms with Crippen molar-refractivity contribution in [3.8, 4) is 6.07 Å². The number of nitriles is 1. The number of oxazole rings is 1. The molecule has 0 aliphatic carbocycles. The zero-order valence-corrected chi connectivity index (χ0v) is 11.3. The van der Waals surface area contributed by atoms with Crippen LogP contribution in [0.25, 0.3) is 0 Å². The van der Waals surface area contributed by atoms with Crippen molar-refractivity contribution in [2.24, 2.45) is 0 Å². The maximum atomic E-state index is 8.91. The molecule has 0 radical (unpaired) electrons. The first-order chi connectivity index (χ1) is 9.10. The topological polar surface area (TPSA) is 61.9 Å². The van der Waals surface area contributed by atoms with Gasteiger partial charge in [-0.1, -0.05) is 12.1 Å².